The Kier molecular flexibility index (Phi) is 6.48. The van der Waals surface area contributed by atoms with E-state index in [1.54, 1.807) is 11.3 Å². The summed E-state index contributed by atoms with van der Waals surface area (Å²) in [6, 6.07) is 2.77. The van der Waals surface area contributed by atoms with Gasteiger partial charge in [0.15, 0.2) is 0 Å². The van der Waals surface area contributed by atoms with E-state index < -0.39 is 0 Å². The highest BCUT2D eigenvalue weighted by Gasteiger charge is 2.27. The summed E-state index contributed by atoms with van der Waals surface area (Å²) in [6.07, 6.45) is 3.15. The highest BCUT2D eigenvalue weighted by Crippen LogP contribution is 2.32. The number of nitrogens with zero attached hydrogens (tertiary/aromatic N) is 2. The highest BCUT2D eigenvalue weighted by atomic mass is 35.5. The zero-order valence-electron chi connectivity index (χ0n) is 12.3. The van der Waals surface area contributed by atoms with Crippen LogP contribution in [0.15, 0.2) is 16.8 Å². The normalized spacial score (nSPS) is 23.0. The summed E-state index contributed by atoms with van der Waals surface area (Å²) in [5.74, 6) is 0.322. The van der Waals surface area contributed by atoms with Crippen LogP contribution in [-0.4, -0.2) is 55.0 Å². The zero-order chi connectivity index (χ0) is 13.8. The number of hydrogen-bond donors (Lipinski definition) is 1. The van der Waals surface area contributed by atoms with Crippen LogP contribution in [-0.2, 0) is 4.79 Å². The van der Waals surface area contributed by atoms with Gasteiger partial charge in [-0.15, -0.1) is 12.4 Å². The molecule has 21 heavy (non-hydrogen) atoms. The molecule has 1 unspecified atom stereocenters. The van der Waals surface area contributed by atoms with Crippen molar-refractivity contribution >= 4 is 29.7 Å². The van der Waals surface area contributed by atoms with Gasteiger partial charge in [-0.3, -0.25) is 9.69 Å². The maximum Gasteiger partial charge on any atom is 0.223 e. The van der Waals surface area contributed by atoms with Crippen LogP contribution in [0.5, 0.6) is 0 Å². The molecule has 1 N–H and O–H groups in total. The Hall–Kier alpha value is -0.620. The van der Waals surface area contributed by atoms with Crippen molar-refractivity contribution in [2.24, 2.45) is 0 Å². The number of carbonyl (C=O) groups is 1. The van der Waals surface area contributed by atoms with Gasteiger partial charge in [0.25, 0.3) is 0 Å². The first-order valence-electron chi connectivity index (χ1n) is 7.59. The lowest BCUT2D eigenvalue weighted by Gasteiger charge is -2.29. The Morgan fingerprint density at radius 3 is 2.86 bits per heavy atom. The molecule has 0 bridgehead atoms. The van der Waals surface area contributed by atoms with E-state index in [0.717, 1.165) is 39.3 Å². The van der Waals surface area contributed by atoms with Gasteiger partial charge in [0.05, 0.1) is 0 Å². The zero-order valence-corrected chi connectivity index (χ0v) is 13.9. The first-order chi connectivity index (χ1) is 9.84. The topological polar surface area (TPSA) is 35.6 Å². The quantitative estimate of drug-likeness (QED) is 0.919. The van der Waals surface area contributed by atoms with Crippen molar-refractivity contribution in [3.8, 4) is 0 Å². The number of halogens is 1. The molecule has 0 aromatic carbocycles. The van der Waals surface area contributed by atoms with Crippen molar-refractivity contribution in [2.45, 2.75) is 25.3 Å². The molecule has 6 heteroatoms. The van der Waals surface area contributed by atoms with Gasteiger partial charge in [0.1, 0.15) is 0 Å². The van der Waals surface area contributed by atoms with Crippen LogP contribution in [0.4, 0.5) is 0 Å². The number of piperazine rings is 1. The summed E-state index contributed by atoms with van der Waals surface area (Å²) in [5.41, 5.74) is 1.43. The predicted octanol–water partition coefficient (Wildman–Crippen LogP) is 2.13. The Balaban J connectivity index is 0.00000161. The molecular weight excluding hydrogens is 306 g/mol. The molecule has 1 amide bonds. The third-order valence-electron chi connectivity index (χ3n) is 4.37. The molecule has 1 aromatic heterocycles. The summed E-state index contributed by atoms with van der Waals surface area (Å²) in [4.78, 5) is 16.7. The van der Waals surface area contributed by atoms with Crippen molar-refractivity contribution in [1.82, 2.24) is 15.1 Å². The van der Waals surface area contributed by atoms with E-state index >= 15 is 0 Å². The monoisotopic (exact) mass is 329 g/mol. The second-order valence-electron chi connectivity index (χ2n) is 5.63. The van der Waals surface area contributed by atoms with E-state index in [1.807, 2.05) is 4.90 Å². The Labute approximate surface area is 136 Å². The molecule has 1 aromatic rings. The second-order valence-corrected chi connectivity index (χ2v) is 6.41. The SMILES string of the molecule is Cl.O=C(CCN1CCCC1c1ccsc1)N1CCNCC1. The number of rotatable bonds is 4. The number of thiophene rings is 1. The lowest BCUT2D eigenvalue weighted by atomic mass is 10.1. The smallest absolute Gasteiger partial charge is 0.223 e. The van der Waals surface area contributed by atoms with Crippen LogP contribution in [0.3, 0.4) is 0 Å². The molecule has 2 aliphatic heterocycles. The van der Waals surface area contributed by atoms with Crippen molar-refractivity contribution in [3.05, 3.63) is 22.4 Å². The van der Waals surface area contributed by atoms with Gasteiger partial charge in [-0.1, -0.05) is 0 Å². The number of hydrogen-bond acceptors (Lipinski definition) is 4. The third-order valence-corrected chi connectivity index (χ3v) is 5.08. The minimum absolute atomic E-state index is 0. The molecule has 0 radical (unpaired) electrons. The van der Waals surface area contributed by atoms with E-state index in [-0.39, 0.29) is 12.4 Å². The predicted molar refractivity (Wildman–Crippen MR) is 89.2 cm³/mol. The van der Waals surface area contributed by atoms with E-state index in [9.17, 15) is 4.79 Å². The standard InChI is InChI=1S/C15H23N3OS.ClH/c19-15(18-9-5-16-6-10-18)3-8-17-7-1-2-14(17)13-4-11-20-12-13;/h4,11-12,14,16H,1-3,5-10H2;1H. The van der Waals surface area contributed by atoms with Crippen LogP contribution >= 0.6 is 23.7 Å². The molecule has 0 aliphatic carbocycles. The molecule has 2 saturated heterocycles. The van der Waals surface area contributed by atoms with Gasteiger partial charge >= 0.3 is 0 Å². The molecule has 3 heterocycles. The Bertz CT molecular complexity index is 434. The van der Waals surface area contributed by atoms with Gasteiger partial charge in [-0.05, 0) is 41.8 Å². The fourth-order valence-corrected chi connectivity index (χ4v) is 3.95. The maximum absolute atomic E-state index is 12.2. The summed E-state index contributed by atoms with van der Waals surface area (Å²) in [7, 11) is 0. The lowest BCUT2D eigenvalue weighted by Crippen LogP contribution is -2.47. The summed E-state index contributed by atoms with van der Waals surface area (Å²) >= 11 is 1.77. The Morgan fingerprint density at radius 1 is 1.33 bits per heavy atom. The van der Waals surface area contributed by atoms with Gasteiger partial charge in [-0.25, -0.2) is 0 Å². The van der Waals surface area contributed by atoms with Crippen LogP contribution < -0.4 is 5.32 Å². The largest absolute Gasteiger partial charge is 0.340 e. The highest BCUT2D eigenvalue weighted by molar-refractivity contribution is 7.07. The molecule has 2 fully saturated rings. The van der Waals surface area contributed by atoms with Gasteiger partial charge in [0.2, 0.25) is 5.91 Å². The fraction of sp³-hybridized carbons (Fsp3) is 0.667. The van der Waals surface area contributed by atoms with Crippen molar-refractivity contribution in [3.63, 3.8) is 0 Å². The first-order valence-corrected chi connectivity index (χ1v) is 8.53. The molecule has 4 nitrogen and oxygen atoms in total. The lowest BCUT2D eigenvalue weighted by molar-refractivity contribution is -0.132. The number of amides is 1. The minimum atomic E-state index is 0. The Morgan fingerprint density at radius 2 is 2.14 bits per heavy atom. The first kappa shape index (κ1) is 16.7. The number of nitrogens with one attached hydrogen (secondary N) is 1. The number of carbonyl (C=O) groups excluding carboxylic acids is 1. The van der Waals surface area contributed by atoms with E-state index in [0.29, 0.717) is 18.4 Å². The van der Waals surface area contributed by atoms with Crippen molar-refractivity contribution < 1.29 is 4.79 Å². The van der Waals surface area contributed by atoms with Crippen molar-refractivity contribution in [2.75, 3.05) is 39.3 Å². The summed E-state index contributed by atoms with van der Waals surface area (Å²) in [6.45, 7) is 5.65. The van der Waals surface area contributed by atoms with Crippen LogP contribution in [0.2, 0.25) is 0 Å². The van der Waals surface area contributed by atoms with E-state index in [1.165, 1.54) is 18.4 Å². The van der Waals surface area contributed by atoms with Gasteiger partial charge in [0, 0.05) is 45.2 Å². The molecule has 118 valence electrons. The minimum Gasteiger partial charge on any atom is -0.340 e. The molecular formula is C15H24ClN3OS. The third kappa shape index (κ3) is 4.19. The number of likely N-dealkylation sites (tertiary alicyclic amines) is 1. The van der Waals surface area contributed by atoms with E-state index in [2.05, 4.69) is 27.0 Å². The van der Waals surface area contributed by atoms with Gasteiger partial charge < -0.3 is 10.2 Å². The average molecular weight is 330 g/mol. The summed E-state index contributed by atoms with van der Waals surface area (Å²) < 4.78 is 0. The molecule has 0 saturated carbocycles. The van der Waals surface area contributed by atoms with Crippen LogP contribution in [0.25, 0.3) is 0 Å². The van der Waals surface area contributed by atoms with E-state index in [4.69, 9.17) is 0 Å². The van der Waals surface area contributed by atoms with Crippen molar-refractivity contribution in [1.29, 1.82) is 0 Å². The molecule has 1 atom stereocenters. The second kappa shape index (κ2) is 8.13. The molecule has 3 rings (SSSR count). The molecule has 2 aliphatic rings. The molecule has 0 spiro atoms. The van der Waals surface area contributed by atoms with Gasteiger partial charge in [-0.2, -0.15) is 11.3 Å². The van der Waals surface area contributed by atoms with Crippen LogP contribution in [0.1, 0.15) is 30.9 Å². The maximum atomic E-state index is 12.2. The summed E-state index contributed by atoms with van der Waals surface area (Å²) in [5, 5.41) is 7.69. The fourth-order valence-electron chi connectivity index (χ4n) is 3.25. The van der Waals surface area contributed by atoms with Crippen LogP contribution in [0, 0.1) is 0 Å². The average Bonchev–Trinajstić information content (AvgIpc) is 3.16.